The first-order valence-corrected chi connectivity index (χ1v) is 8.97. The van der Waals surface area contributed by atoms with Crippen molar-refractivity contribution in [3.63, 3.8) is 0 Å². The molecule has 28 heavy (non-hydrogen) atoms. The van der Waals surface area contributed by atoms with Crippen molar-refractivity contribution >= 4 is 29.1 Å². The van der Waals surface area contributed by atoms with Crippen LogP contribution < -0.4 is 27.2 Å². The average Bonchev–Trinajstić information content (AvgIpc) is 3.23. The molecule has 1 amide bonds. The summed E-state index contributed by atoms with van der Waals surface area (Å²) in [5.74, 6) is 0.585. The monoisotopic (exact) mass is 406 g/mol. The molecular formula is C18H23ClN6O3. The number of imidazole rings is 1. The summed E-state index contributed by atoms with van der Waals surface area (Å²) < 4.78 is 6.71. The summed E-state index contributed by atoms with van der Waals surface area (Å²) in [5.41, 5.74) is 12.9. The zero-order chi connectivity index (χ0) is 20.8. The van der Waals surface area contributed by atoms with Crippen molar-refractivity contribution in [1.82, 2.24) is 19.9 Å². The molecule has 0 spiro atoms. The molecule has 10 heteroatoms. The number of hydrogen-bond acceptors (Lipinski definition) is 5. The molecule has 1 aromatic carbocycles. The third-order valence-electron chi connectivity index (χ3n) is 3.77. The molecule has 2 heterocycles. The lowest BCUT2D eigenvalue weighted by Gasteiger charge is -2.11. The summed E-state index contributed by atoms with van der Waals surface area (Å²) in [5, 5.41) is 2.69. The fraction of sp³-hybridized carbons (Fsp3) is 0.222. The Balaban J connectivity index is 0.00000136. The maximum absolute atomic E-state index is 12.4. The maximum Gasteiger partial charge on any atom is 0.332 e. The second kappa shape index (κ2) is 9.05. The van der Waals surface area contributed by atoms with E-state index in [0.29, 0.717) is 28.5 Å². The molecule has 9 nitrogen and oxygen atoms in total. The van der Waals surface area contributed by atoms with E-state index < -0.39 is 5.69 Å². The van der Waals surface area contributed by atoms with Crippen LogP contribution >= 0.6 is 11.6 Å². The molecule has 0 aliphatic heterocycles. The number of carbonyl (C=O) groups is 1. The molecule has 7 N–H and O–H groups in total. The Morgan fingerprint density at radius 2 is 1.96 bits per heavy atom. The van der Waals surface area contributed by atoms with E-state index in [4.69, 9.17) is 27.8 Å². The van der Waals surface area contributed by atoms with Gasteiger partial charge in [0, 0.05) is 18.8 Å². The minimum atomic E-state index is -0.437. The van der Waals surface area contributed by atoms with E-state index in [1.54, 1.807) is 30.5 Å². The number of nitrogens with two attached hydrogens (primary N) is 2. The molecule has 150 valence electrons. The summed E-state index contributed by atoms with van der Waals surface area (Å²) in [4.78, 5) is 29.1. The van der Waals surface area contributed by atoms with E-state index in [1.807, 2.05) is 13.8 Å². The molecule has 3 rings (SSSR count). The van der Waals surface area contributed by atoms with Gasteiger partial charge in [-0.1, -0.05) is 25.4 Å². The lowest BCUT2D eigenvalue weighted by molar-refractivity contribution is -0.122. The Bertz CT molecular complexity index is 1020. The summed E-state index contributed by atoms with van der Waals surface area (Å²) in [6.07, 6.45) is 1.65. The van der Waals surface area contributed by atoms with Crippen LogP contribution in [-0.2, 0) is 4.79 Å². The van der Waals surface area contributed by atoms with E-state index in [-0.39, 0.29) is 23.4 Å². The van der Waals surface area contributed by atoms with Crippen molar-refractivity contribution in [2.24, 2.45) is 0 Å². The molecule has 0 bridgehead atoms. The van der Waals surface area contributed by atoms with Gasteiger partial charge < -0.3 is 26.5 Å². The minimum absolute atomic E-state index is 0.169. The number of halogens is 1. The van der Waals surface area contributed by atoms with Crippen molar-refractivity contribution in [1.29, 1.82) is 0 Å². The molecule has 0 fully saturated rings. The van der Waals surface area contributed by atoms with Gasteiger partial charge >= 0.3 is 5.69 Å². The molecule has 0 saturated carbocycles. The highest BCUT2D eigenvalue weighted by Gasteiger charge is 2.19. The van der Waals surface area contributed by atoms with Crippen molar-refractivity contribution < 1.29 is 9.53 Å². The zero-order valence-corrected chi connectivity index (χ0v) is 16.6. The highest BCUT2D eigenvalue weighted by Crippen LogP contribution is 2.32. The third kappa shape index (κ3) is 4.15. The molecule has 0 aliphatic carbocycles. The van der Waals surface area contributed by atoms with E-state index >= 15 is 0 Å². The Kier molecular flexibility index (Phi) is 6.78. The van der Waals surface area contributed by atoms with E-state index in [0.717, 1.165) is 0 Å². The molecule has 0 atom stereocenters. The molecule has 0 unspecified atom stereocenters. The molecule has 0 aliphatic rings. The number of benzene rings is 1. The summed E-state index contributed by atoms with van der Waals surface area (Å²) in [6.45, 7) is 3.83. The Morgan fingerprint density at radius 1 is 1.25 bits per heavy atom. The number of H-pyrrole nitrogens is 2. The van der Waals surface area contributed by atoms with Crippen molar-refractivity contribution in [3.05, 3.63) is 46.0 Å². The number of amides is 1. The second-order valence-electron chi connectivity index (χ2n) is 5.41. The normalized spacial score (nSPS) is 10.1. The van der Waals surface area contributed by atoms with Gasteiger partial charge in [-0.3, -0.25) is 14.3 Å². The summed E-state index contributed by atoms with van der Waals surface area (Å²) in [7, 11) is 1.51. The number of nitrogen functional groups attached to an aromatic ring is 2. The van der Waals surface area contributed by atoms with Gasteiger partial charge in [-0.25, -0.2) is 4.79 Å². The first kappa shape index (κ1) is 21.0. The number of rotatable bonds is 5. The Hall–Kier alpha value is -3.33. The van der Waals surface area contributed by atoms with Gasteiger partial charge in [0.25, 0.3) is 5.91 Å². The number of anilines is 2. The lowest BCUT2D eigenvalue weighted by Crippen LogP contribution is -2.24. The van der Waals surface area contributed by atoms with E-state index in [1.165, 1.54) is 11.6 Å². The number of nitrogens with one attached hydrogen (secondary N) is 3. The topological polar surface area (TPSA) is 144 Å². The van der Waals surface area contributed by atoms with Crippen LogP contribution in [0, 0.1) is 0 Å². The van der Waals surface area contributed by atoms with Crippen molar-refractivity contribution in [3.8, 4) is 22.7 Å². The molecule has 0 radical (unpaired) electrons. The van der Waals surface area contributed by atoms with Crippen LogP contribution in [0.3, 0.4) is 0 Å². The largest absolute Gasteiger partial charge is 0.482 e. The second-order valence-corrected chi connectivity index (χ2v) is 5.82. The molecule has 3 aromatic rings. The van der Waals surface area contributed by atoms with Gasteiger partial charge in [-0.2, -0.15) is 0 Å². The number of carbonyl (C=O) groups excluding carboxylic acids is 1. The molecule has 2 aromatic heterocycles. The van der Waals surface area contributed by atoms with Crippen molar-refractivity contribution in [2.45, 2.75) is 13.8 Å². The fourth-order valence-corrected chi connectivity index (χ4v) is 2.74. The minimum Gasteiger partial charge on any atom is -0.482 e. The van der Waals surface area contributed by atoms with Crippen LogP contribution in [0.4, 0.5) is 11.6 Å². The van der Waals surface area contributed by atoms with Crippen LogP contribution in [0.15, 0.2) is 35.3 Å². The maximum atomic E-state index is 12.4. The van der Waals surface area contributed by atoms with Gasteiger partial charge in [-0.05, 0) is 24.3 Å². The van der Waals surface area contributed by atoms with Crippen LogP contribution in [0.2, 0.25) is 5.02 Å². The number of ether oxygens (including phenoxy) is 1. The molecular weight excluding hydrogens is 384 g/mol. The van der Waals surface area contributed by atoms with Crippen LogP contribution in [-0.4, -0.2) is 34.1 Å². The lowest BCUT2D eigenvalue weighted by atomic mass is 10.2. The standard InChI is InChI=1S/C16H17ClN6O3.C2H6/c1-20-12(24)7-26-11-3-2-8(6-10(11)17)23-13(15(19)22-16(23)25)9-4-5-21-14(9)18;1-2/h2-6,21H,7,18-19H2,1H3,(H,20,24)(H,22,25);1-2H3. The van der Waals surface area contributed by atoms with Crippen LogP contribution in [0.5, 0.6) is 5.75 Å². The smallest absolute Gasteiger partial charge is 0.332 e. The first-order chi connectivity index (χ1) is 13.4. The third-order valence-corrected chi connectivity index (χ3v) is 4.06. The number of likely N-dealkylation sites (N-methyl/N-ethyl adjacent to an activating group) is 1. The fourth-order valence-electron chi connectivity index (χ4n) is 2.51. The van der Waals surface area contributed by atoms with Gasteiger partial charge in [0.05, 0.1) is 10.7 Å². The number of hydrogen-bond donors (Lipinski definition) is 5. The highest BCUT2D eigenvalue weighted by molar-refractivity contribution is 6.32. The zero-order valence-electron chi connectivity index (χ0n) is 15.8. The van der Waals surface area contributed by atoms with Gasteiger partial charge in [0.15, 0.2) is 6.61 Å². The van der Waals surface area contributed by atoms with Gasteiger partial charge in [0.2, 0.25) is 0 Å². The highest BCUT2D eigenvalue weighted by atomic mass is 35.5. The predicted octanol–water partition coefficient (Wildman–Crippen LogP) is 2.13. The average molecular weight is 407 g/mol. The van der Waals surface area contributed by atoms with E-state index in [2.05, 4.69) is 15.3 Å². The van der Waals surface area contributed by atoms with Crippen LogP contribution in [0.1, 0.15) is 13.8 Å². The predicted molar refractivity (Wildman–Crippen MR) is 111 cm³/mol. The van der Waals surface area contributed by atoms with Crippen LogP contribution in [0.25, 0.3) is 16.9 Å². The first-order valence-electron chi connectivity index (χ1n) is 8.59. The number of aromatic nitrogens is 3. The summed E-state index contributed by atoms with van der Waals surface area (Å²) in [6, 6.07) is 6.46. The Labute approximate surface area is 166 Å². The van der Waals surface area contributed by atoms with Crippen molar-refractivity contribution in [2.75, 3.05) is 25.1 Å². The van der Waals surface area contributed by atoms with Gasteiger partial charge in [-0.15, -0.1) is 0 Å². The van der Waals surface area contributed by atoms with Gasteiger partial charge in [0.1, 0.15) is 23.1 Å². The quantitative estimate of drug-likeness (QED) is 0.440. The number of aromatic amines is 2. The number of nitrogens with zero attached hydrogens (tertiary/aromatic N) is 1. The van der Waals surface area contributed by atoms with E-state index in [9.17, 15) is 9.59 Å². The Morgan fingerprint density at radius 3 is 2.54 bits per heavy atom. The SMILES string of the molecule is CC.CNC(=O)COc1ccc(-n2c(-c3cc[nH]c3N)c(N)[nH]c2=O)cc1Cl. The molecule has 0 saturated heterocycles. The summed E-state index contributed by atoms with van der Waals surface area (Å²) >= 11 is 6.23.